The second-order valence-electron chi connectivity index (χ2n) is 18.0. The zero-order valence-corrected chi connectivity index (χ0v) is 42.3. The van der Waals surface area contributed by atoms with Crippen LogP contribution in [0.5, 0.6) is 5.75 Å². The Labute approximate surface area is 406 Å². The fraction of sp³-hybridized carbons (Fsp3) is 0.560. The Morgan fingerprint density at radius 3 is 2.54 bits per heavy atom. The SMILES string of the molecule is C1CN2CCOC[C@@H]2CN1.C=C[C@H](OC(C)=O)[C@@H]1CC[C@H]1CN1C[C@@]2(CCCc3cc(Cl)ccc32)COc2ccc(C(=O)O)cc21.CCC[C@H](C)C(Cc1ccccc1)S(N)(=O)=O.CI. The number of benzene rings is 3. The molecule has 8 rings (SSSR count). The van der Waals surface area contributed by atoms with E-state index in [1.54, 1.807) is 24.3 Å². The molecule has 65 heavy (non-hydrogen) atoms. The van der Waals surface area contributed by atoms with Gasteiger partial charge in [-0.1, -0.05) is 104 Å². The van der Waals surface area contributed by atoms with Crippen molar-refractivity contribution in [2.24, 2.45) is 22.9 Å². The van der Waals surface area contributed by atoms with Crippen LogP contribution >= 0.6 is 34.2 Å². The number of rotatable bonds is 12. The molecule has 1 spiro atoms. The maximum Gasteiger partial charge on any atom is 0.335 e. The van der Waals surface area contributed by atoms with Crippen molar-refractivity contribution in [1.29, 1.82) is 0 Å². The number of primary sulfonamides is 1. The van der Waals surface area contributed by atoms with Crippen LogP contribution in [-0.2, 0) is 42.5 Å². The molecule has 15 heteroatoms. The lowest BCUT2D eigenvalue weighted by molar-refractivity contribution is -0.149. The van der Waals surface area contributed by atoms with Gasteiger partial charge in [-0.15, -0.1) is 0 Å². The highest BCUT2D eigenvalue weighted by atomic mass is 127. The second kappa shape index (κ2) is 25.2. The lowest BCUT2D eigenvalue weighted by Crippen LogP contribution is -2.56. The van der Waals surface area contributed by atoms with Crippen molar-refractivity contribution < 1.29 is 37.3 Å². The third kappa shape index (κ3) is 14.4. The monoisotopic (exact) mass is 1050 g/mol. The maximum atomic E-state index is 11.8. The van der Waals surface area contributed by atoms with Crippen molar-refractivity contribution in [3.05, 3.63) is 107 Å². The summed E-state index contributed by atoms with van der Waals surface area (Å²) in [5, 5.41) is 18.6. The van der Waals surface area contributed by atoms with E-state index in [0.29, 0.717) is 31.4 Å². The molecule has 0 aromatic heterocycles. The molecule has 12 nitrogen and oxygen atoms in total. The summed E-state index contributed by atoms with van der Waals surface area (Å²) < 4.78 is 40.6. The molecule has 1 saturated carbocycles. The number of aromatic carboxylic acids is 1. The predicted octanol–water partition coefficient (Wildman–Crippen LogP) is 8.32. The zero-order chi connectivity index (χ0) is 47.1. The van der Waals surface area contributed by atoms with E-state index in [4.69, 9.17) is 31.0 Å². The van der Waals surface area contributed by atoms with Crippen LogP contribution in [0.4, 0.5) is 5.69 Å². The molecule has 2 aliphatic carbocycles. The van der Waals surface area contributed by atoms with E-state index in [9.17, 15) is 23.1 Å². The molecule has 3 heterocycles. The zero-order valence-electron chi connectivity index (χ0n) is 38.6. The Balaban J connectivity index is 0.000000224. The number of carboxylic acids is 1. The summed E-state index contributed by atoms with van der Waals surface area (Å²) in [5.41, 5.74) is 4.37. The highest BCUT2D eigenvalue weighted by molar-refractivity contribution is 14.1. The standard InChI is InChI=1S/C29H32ClNO5.C13H21NO2S.C7H14N2O.CH3I/c1-3-26(36-18(2)32)23-9-6-21(23)15-31-16-29(12-4-5-19-13-22(30)8-10-24(19)29)17-35-27-11-7-20(28(33)34)14-25(27)31;1-3-7-11(2)13(17(14,15)16)10-12-8-5-4-6-9-12;1-2-9-3-4-10-6-7(9)5-8-1;1-2/h3,7-8,10-11,13-14,21,23,26H,1,4-6,9,12,15-17H2,2H3,(H,33,34);4-6,8-9,11,13H,3,7,10H2,1-2H3,(H2,14,15,16);7-8H,1-6H2;1H3/t21-,23+,26-,29-;11-,13?;7-;/m000./s1. The van der Waals surface area contributed by atoms with Crippen molar-refractivity contribution in [3.8, 4) is 5.75 Å². The normalized spacial score (nSPS) is 23.7. The number of sulfonamides is 1. The first-order valence-electron chi connectivity index (χ1n) is 23.0. The van der Waals surface area contributed by atoms with E-state index in [-0.39, 0.29) is 40.8 Å². The van der Waals surface area contributed by atoms with E-state index in [2.05, 4.69) is 63.3 Å². The minimum atomic E-state index is -3.48. The number of carbonyl (C=O) groups excluding carboxylic acids is 1. The van der Waals surface area contributed by atoms with Gasteiger partial charge in [-0.05, 0) is 109 Å². The van der Waals surface area contributed by atoms with Gasteiger partial charge in [0.1, 0.15) is 11.9 Å². The average Bonchev–Trinajstić information content (AvgIpc) is 3.44. The number of hydrogen-bond acceptors (Lipinski definition) is 10. The number of carbonyl (C=O) groups is 2. The van der Waals surface area contributed by atoms with Crippen LogP contribution in [0.25, 0.3) is 0 Å². The summed E-state index contributed by atoms with van der Waals surface area (Å²) in [5.74, 6) is 0.00977. The van der Waals surface area contributed by atoms with Gasteiger partial charge in [0.25, 0.3) is 0 Å². The van der Waals surface area contributed by atoms with Gasteiger partial charge in [0.05, 0.1) is 36.3 Å². The summed E-state index contributed by atoms with van der Waals surface area (Å²) in [7, 11) is -3.48. The number of halogens is 2. The smallest absolute Gasteiger partial charge is 0.335 e. The minimum Gasteiger partial charge on any atom is -0.490 e. The van der Waals surface area contributed by atoms with Crippen LogP contribution in [0.3, 0.4) is 0 Å². The van der Waals surface area contributed by atoms with Gasteiger partial charge in [-0.2, -0.15) is 0 Å². The number of nitrogens with one attached hydrogen (secondary N) is 1. The molecule has 3 aromatic carbocycles. The number of aryl methyl sites for hydroxylation is 1. The number of ether oxygens (including phenoxy) is 3. The van der Waals surface area contributed by atoms with Crippen LogP contribution in [0, 0.1) is 17.8 Å². The third-order valence-corrected chi connectivity index (χ3v) is 15.3. The van der Waals surface area contributed by atoms with Crippen molar-refractivity contribution in [2.45, 2.75) is 94.9 Å². The number of anilines is 1. The Morgan fingerprint density at radius 2 is 1.89 bits per heavy atom. The second-order valence-corrected chi connectivity index (χ2v) is 20.2. The Hall–Kier alpha value is -3.25. The number of piperazine rings is 1. The summed E-state index contributed by atoms with van der Waals surface area (Å²) in [6.07, 6.45) is 8.75. The maximum absolute atomic E-state index is 11.8. The molecule has 5 aliphatic rings. The quantitative estimate of drug-likeness (QED) is 0.0693. The predicted molar refractivity (Wildman–Crippen MR) is 269 cm³/mol. The number of nitrogens with zero attached hydrogens (tertiary/aromatic N) is 2. The first-order valence-corrected chi connectivity index (χ1v) is 27.2. The molecule has 2 saturated heterocycles. The number of alkyl halides is 1. The van der Waals surface area contributed by atoms with Crippen molar-refractivity contribution >= 4 is 61.8 Å². The summed E-state index contributed by atoms with van der Waals surface area (Å²) in [6, 6.07) is 21.6. The minimum absolute atomic E-state index is 0.0928. The first kappa shape index (κ1) is 52.7. The fourth-order valence-corrected chi connectivity index (χ4v) is 11.5. The number of morpholine rings is 1. The molecule has 1 unspecified atom stereocenters. The first-order chi connectivity index (χ1) is 31.2. The van der Waals surface area contributed by atoms with Gasteiger partial charge >= 0.3 is 11.9 Å². The molecule has 3 aliphatic heterocycles. The van der Waals surface area contributed by atoms with Crippen LogP contribution < -0.4 is 20.1 Å². The number of esters is 1. The summed E-state index contributed by atoms with van der Waals surface area (Å²) in [6.45, 7) is 17.7. The molecule has 3 aromatic rings. The average molecular weight is 1050 g/mol. The van der Waals surface area contributed by atoms with Crippen LogP contribution in [-0.4, -0.2) is 112 Å². The molecule has 4 N–H and O–H groups in total. The molecule has 3 fully saturated rings. The molecule has 0 radical (unpaired) electrons. The van der Waals surface area contributed by atoms with Crippen LogP contribution in [0.1, 0.15) is 86.3 Å². The molecule has 7 atom stereocenters. The van der Waals surface area contributed by atoms with Gasteiger partial charge in [-0.3, -0.25) is 9.69 Å². The number of hydrogen-bond donors (Lipinski definition) is 3. The topological polar surface area (TPSA) is 161 Å². The molecule has 0 bridgehead atoms. The largest absolute Gasteiger partial charge is 0.490 e. The third-order valence-electron chi connectivity index (χ3n) is 13.6. The number of carboxylic acid groups (broad SMARTS) is 1. The van der Waals surface area contributed by atoms with E-state index in [1.165, 1.54) is 24.6 Å². The Bertz CT molecular complexity index is 2110. The van der Waals surface area contributed by atoms with Gasteiger partial charge in [0.2, 0.25) is 10.0 Å². The van der Waals surface area contributed by atoms with Crippen LogP contribution in [0.15, 0.2) is 79.4 Å². The van der Waals surface area contributed by atoms with Crippen molar-refractivity contribution in [2.75, 3.05) is 68.9 Å². The lowest BCUT2D eigenvalue weighted by Gasteiger charge is -2.45. The van der Waals surface area contributed by atoms with Gasteiger partial charge in [0, 0.05) is 68.6 Å². The van der Waals surface area contributed by atoms with Crippen LogP contribution in [0.2, 0.25) is 5.02 Å². The fourth-order valence-electron chi connectivity index (χ4n) is 10.1. The molecule has 0 amide bonds. The van der Waals surface area contributed by atoms with E-state index >= 15 is 0 Å². The van der Waals surface area contributed by atoms with Crippen molar-refractivity contribution in [3.63, 3.8) is 0 Å². The Kier molecular flexibility index (Phi) is 20.4. The van der Waals surface area contributed by atoms with Crippen molar-refractivity contribution in [1.82, 2.24) is 10.2 Å². The molecular weight excluding hydrogens is 979 g/mol. The Morgan fingerprint density at radius 1 is 1.12 bits per heavy atom. The lowest BCUT2D eigenvalue weighted by atomic mass is 9.68. The van der Waals surface area contributed by atoms with Gasteiger partial charge in [-0.25, -0.2) is 18.4 Å². The number of nitrogens with two attached hydrogens (primary N) is 1. The molecular formula is C50H70ClIN4O8S. The van der Waals surface area contributed by atoms with E-state index in [1.807, 2.05) is 48.3 Å². The highest BCUT2D eigenvalue weighted by Gasteiger charge is 2.45. The summed E-state index contributed by atoms with van der Waals surface area (Å²) >= 11 is 8.48. The van der Waals surface area contributed by atoms with Gasteiger partial charge < -0.3 is 29.5 Å². The highest BCUT2D eigenvalue weighted by Crippen LogP contribution is 2.47. The number of fused-ring (bicyclic) bond motifs is 4. The van der Waals surface area contributed by atoms with Gasteiger partial charge in [0.15, 0.2) is 0 Å². The van der Waals surface area contributed by atoms with E-state index < -0.39 is 21.2 Å². The summed E-state index contributed by atoms with van der Waals surface area (Å²) in [4.78, 5) is 30.2. The molecule has 358 valence electrons. The van der Waals surface area contributed by atoms with E-state index in [0.717, 1.165) is 101 Å².